The van der Waals surface area contributed by atoms with Gasteiger partial charge in [-0.2, -0.15) is 18.4 Å². The van der Waals surface area contributed by atoms with E-state index in [1.165, 1.54) is 56.6 Å². The van der Waals surface area contributed by atoms with Crippen molar-refractivity contribution in [3.8, 4) is 73.1 Å². The fourth-order valence-electron chi connectivity index (χ4n) is 14.2. The first-order valence-electron chi connectivity index (χ1n) is 27.9. The van der Waals surface area contributed by atoms with Gasteiger partial charge in [-0.05, 0) is 257 Å². The molecule has 0 bridgehead atoms. The lowest BCUT2D eigenvalue weighted by molar-refractivity contribution is -0.137. The summed E-state index contributed by atoms with van der Waals surface area (Å²) in [6.45, 7) is 27.4. The van der Waals surface area contributed by atoms with E-state index < -0.39 is 11.7 Å². The number of nitriles is 1. The predicted octanol–water partition coefficient (Wildman–Crippen LogP) is 21.1. The van der Waals surface area contributed by atoms with E-state index in [0.29, 0.717) is 28.1 Å². The van der Waals surface area contributed by atoms with Crippen LogP contribution in [0.3, 0.4) is 0 Å². The van der Waals surface area contributed by atoms with Crippen molar-refractivity contribution in [2.75, 3.05) is 0 Å². The van der Waals surface area contributed by atoms with Crippen molar-refractivity contribution >= 4 is 43.6 Å². The first-order valence-corrected chi connectivity index (χ1v) is 27.9. The van der Waals surface area contributed by atoms with Crippen LogP contribution in [-0.4, -0.2) is 9.13 Å². The van der Waals surface area contributed by atoms with E-state index >= 15 is 13.2 Å². The Kier molecular flexibility index (Phi) is 12.6. The monoisotopic (exact) mass is 1060 g/mol. The Bertz CT molecular complexity index is 4400. The van der Waals surface area contributed by atoms with E-state index in [0.717, 1.165) is 110 Å². The van der Waals surface area contributed by atoms with Gasteiger partial charge in [0.25, 0.3) is 0 Å². The van der Waals surface area contributed by atoms with Gasteiger partial charge in [-0.1, -0.05) is 107 Å². The van der Waals surface area contributed by atoms with Gasteiger partial charge in [0, 0.05) is 27.1 Å². The van der Waals surface area contributed by atoms with Gasteiger partial charge >= 0.3 is 6.18 Å². The van der Waals surface area contributed by atoms with Gasteiger partial charge in [-0.3, -0.25) is 0 Å². The van der Waals surface area contributed by atoms with E-state index in [1.54, 1.807) is 13.0 Å². The molecule has 0 fully saturated rings. The number of halogens is 3. The lowest BCUT2D eigenvalue weighted by Gasteiger charge is -2.22. The zero-order valence-electron chi connectivity index (χ0n) is 48.4. The molecule has 0 aliphatic heterocycles. The minimum Gasteiger partial charge on any atom is -0.309 e. The smallest absolute Gasteiger partial charge is 0.309 e. The molecule has 0 saturated carbocycles. The maximum absolute atomic E-state index is 15.9. The molecule has 12 aromatic rings. The number of fused-ring (bicyclic) bond motifs is 6. The molecule has 0 amide bonds. The van der Waals surface area contributed by atoms with E-state index in [2.05, 4.69) is 220 Å². The van der Waals surface area contributed by atoms with Gasteiger partial charge in [0.15, 0.2) is 0 Å². The highest BCUT2D eigenvalue weighted by Crippen LogP contribution is 2.48. The minimum atomic E-state index is -4.71. The number of alkyl halides is 3. The molecular weight excluding hydrogens is 1000 g/mol. The molecule has 10 aromatic carbocycles. The Morgan fingerprint density at radius 3 is 0.938 bits per heavy atom. The number of aromatic nitrogens is 2. The fraction of sp³-hybridized carbons (Fsp3) is 0.187. The average molecular weight is 1060 g/mol. The zero-order valence-corrected chi connectivity index (χ0v) is 48.4. The average Bonchev–Trinajstić information content (AvgIpc) is 4.15. The third kappa shape index (κ3) is 8.73. The highest BCUT2D eigenvalue weighted by atomic mass is 19.4. The van der Waals surface area contributed by atoms with E-state index in [4.69, 9.17) is 0 Å². The Morgan fingerprint density at radius 2 is 0.642 bits per heavy atom. The predicted molar refractivity (Wildman–Crippen MR) is 334 cm³/mol. The van der Waals surface area contributed by atoms with E-state index in [1.807, 2.05) is 12.1 Å². The quantitative estimate of drug-likeness (QED) is 0.157. The summed E-state index contributed by atoms with van der Waals surface area (Å²) in [7, 11) is 0. The molecule has 12 rings (SSSR count). The maximum Gasteiger partial charge on any atom is 0.417 e. The molecule has 0 saturated heterocycles. The lowest BCUT2D eigenvalue weighted by Crippen LogP contribution is -2.10. The molecule has 0 N–H and O–H groups in total. The second-order valence-electron chi connectivity index (χ2n) is 23.2. The highest BCUT2D eigenvalue weighted by molar-refractivity contribution is 6.14. The van der Waals surface area contributed by atoms with Crippen molar-refractivity contribution < 1.29 is 13.2 Å². The summed E-state index contributed by atoms with van der Waals surface area (Å²) >= 11 is 0. The SMILES string of the molecule is Cc1cc(C)c(-c2ccc3c(c2)c2cc(-c4c(C)cc(C)cc4C)ccc2n3-c2cc(-c3c(C)cccc3C(F)(F)F)c(-n3c4ccc(-c5c(C)cc(C)cc5C)cc4c4cc(-c5c(C)cc(C)cc5C)ccc43)cc2C#N)c(C)c1. The molecule has 0 aliphatic carbocycles. The number of rotatable bonds is 7. The van der Waals surface area contributed by atoms with Crippen molar-refractivity contribution in [1.29, 1.82) is 5.26 Å². The third-order valence-electron chi connectivity index (χ3n) is 17.0. The van der Waals surface area contributed by atoms with Crippen LogP contribution in [0.2, 0.25) is 0 Å². The molecular formula is C75H64F3N3. The molecule has 0 radical (unpaired) electrons. The number of hydrogen-bond donors (Lipinski definition) is 0. The van der Waals surface area contributed by atoms with Crippen LogP contribution in [0.25, 0.3) is 111 Å². The number of benzene rings is 10. The van der Waals surface area contributed by atoms with Gasteiger partial charge in [-0.25, -0.2) is 0 Å². The molecule has 2 heterocycles. The molecule has 0 aliphatic rings. The summed E-state index contributed by atoms with van der Waals surface area (Å²) in [5, 5.41) is 15.5. The van der Waals surface area contributed by atoms with Crippen LogP contribution in [0.15, 0.2) is 152 Å². The van der Waals surface area contributed by atoms with Crippen LogP contribution in [0.1, 0.15) is 83.5 Å². The van der Waals surface area contributed by atoms with Crippen LogP contribution in [0.5, 0.6) is 0 Å². The van der Waals surface area contributed by atoms with Crippen LogP contribution < -0.4 is 0 Å². The Hall–Kier alpha value is -8.92. The fourth-order valence-corrected chi connectivity index (χ4v) is 14.2. The Morgan fingerprint density at radius 1 is 0.333 bits per heavy atom. The van der Waals surface area contributed by atoms with E-state index in [9.17, 15) is 5.26 Å². The molecule has 0 atom stereocenters. The maximum atomic E-state index is 15.9. The second-order valence-corrected chi connectivity index (χ2v) is 23.2. The third-order valence-corrected chi connectivity index (χ3v) is 17.0. The number of hydrogen-bond acceptors (Lipinski definition) is 1. The van der Waals surface area contributed by atoms with Crippen molar-refractivity contribution in [3.05, 3.63) is 235 Å². The summed E-state index contributed by atoms with van der Waals surface area (Å²) in [6, 6.07) is 54.4. The summed E-state index contributed by atoms with van der Waals surface area (Å²) in [4.78, 5) is 0. The van der Waals surface area contributed by atoms with Gasteiger partial charge < -0.3 is 9.13 Å². The zero-order chi connectivity index (χ0) is 57.2. The van der Waals surface area contributed by atoms with Gasteiger partial charge in [-0.15, -0.1) is 0 Å². The van der Waals surface area contributed by atoms with Gasteiger partial charge in [0.1, 0.15) is 6.07 Å². The molecule has 400 valence electrons. The second kappa shape index (κ2) is 19.4. The summed E-state index contributed by atoms with van der Waals surface area (Å²) in [6.07, 6.45) is -4.71. The molecule has 2 aromatic heterocycles. The molecule has 81 heavy (non-hydrogen) atoms. The Balaban J connectivity index is 1.20. The van der Waals surface area contributed by atoms with Crippen LogP contribution in [0, 0.1) is 101 Å². The summed E-state index contributed by atoms with van der Waals surface area (Å²) < 4.78 is 51.8. The van der Waals surface area contributed by atoms with E-state index in [-0.39, 0.29) is 5.56 Å². The summed E-state index contributed by atoms with van der Waals surface area (Å²) in [5.41, 5.74) is 27.7. The topological polar surface area (TPSA) is 33.6 Å². The van der Waals surface area contributed by atoms with Crippen molar-refractivity contribution in [1.82, 2.24) is 9.13 Å². The number of aryl methyl sites for hydroxylation is 13. The van der Waals surface area contributed by atoms with Gasteiger partial charge in [0.05, 0.1) is 44.6 Å². The van der Waals surface area contributed by atoms with Crippen molar-refractivity contribution in [2.45, 2.75) is 96.2 Å². The normalized spacial score (nSPS) is 11.9. The minimum absolute atomic E-state index is 0.0618. The Labute approximate surface area is 473 Å². The van der Waals surface area contributed by atoms with Gasteiger partial charge in [0.2, 0.25) is 0 Å². The highest BCUT2D eigenvalue weighted by Gasteiger charge is 2.36. The molecule has 0 unspecified atom stereocenters. The van der Waals surface area contributed by atoms with Crippen LogP contribution >= 0.6 is 0 Å². The molecule has 6 heteroatoms. The largest absolute Gasteiger partial charge is 0.417 e. The first-order chi connectivity index (χ1) is 38.6. The van der Waals surface area contributed by atoms with Crippen LogP contribution in [0.4, 0.5) is 13.2 Å². The molecule has 0 spiro atoms. The summed E-state index contributed by atoms with van der Waals surface area (Å²) in [5.74, 6) is 0. The van der Waals surface area contributed by atoms with Crippen LogP contribution in [-0.2, 0) is 6.18 Å². The molecule has 3 nitrogen and oxygen atoms in total. The van der Waals surface area contributed by atoms with Crippen molar-refractivity contribution in [3.63, 3.8) is 0 Å². The first kappa shape index (κ1) is 52.8. The van der Waals surface area contributed by atoms with Crippen molar-refractivity contribution in [2.24, 2.45) is 0 Å². The standard InChI is InChI=1S/C75H64F3N3/c1-40-25-45(6)70(46(7)26-40)53-17-21-64-58(33-53)59-34-54(71-47(8)27-41(2)28-48(71)9)18-22-65(59)80(64)68-38-62(74-44(5)15-14-16-63(74)75(76,77)78)69(37-57(68)39-79)81-66-23-19-55(72-49(10)29-42(3)30-50(72)11)35-60(66)61-36-56(20-24-67(61)81)73-51(12)31-43(4)32-52(73)13/h14-38H,1-13H3. The lowest BCUT2D eigenvalue weighted by atomic mass is 9.91. The number of nitrogens with zero attached hydrogens (tertiary/aromatic N) is 3.